The zero-order valence-corrected chi connectivity index (χ0v) is 17.8. The highest BCUT2D eigenvalue weighted by Crippen LogP contribution is 2.36. The molecule has 0 fully saturated rings. The fourth-order valence-corrected chi connectivity index (χ4v) is 4.14. The molecule has 32 heavy (non-hydrogen) atoms. The molecule has 0 bridgehead atoms. The quantitative estimate of drug-likeness (QED) is 0.472. The molecule has 0 radical (unpaired) electrons. The molecule has 3 N–H and O–H groups in total. The predicted molar refractivity (Wildman–Crippen MR) is 106 cm³/mol. The van der Waals surface area contributed by atoms with Crippen molar-refractivity contribution in [2.24, 2.45) is 0 Å². The van der Waals surface area contributed by atoms with Crippen LogP contribution in [-0.2, 0) is 14.8 Å². The third-order valence-electron chi connectivity index (χ3n) is 4.18. The molecular formula is C19H19F2NO9S. The Hall–Kier alpha value is -3.61. The van der Waals surface area contributed by atoms with E-state index < -0.39 is 52.2 Å². The van der Waals surface area contributed by atoms with Crippen LogP contribution in [-0.4, -0.2) is 50.9 Å². The minimum Gasteiger partial charge on any atom is -0.493 e. The molecule has 2 rings (SSSR count). The van der Waals surface area contributed by atoms with E-state index in [0.29, 0.717) is 5.56 Å². The molecule has 174 valence electrons. The zero-order valence-electron chi connectivity index (χ0n) is 17.0. The second kappa shape index (κ2) is 9.68. The van der Waals surface area contributed by atoms with Crippen molar-refractivity contribution >= 4 is 27.6 Å². The molecule has 13 heteroatoms. The molecule has 0 amide bonds. The van der Waals surface area contributed by atoms with E-state index in [0.717, 1.165) is 19.2 Å². The topological polar surface area (TPSA) is 148 Å². The molecule has 2 aromatic rings. The number of nitrogens with one attached hydrogen (secondary N) is 1. The van der Waals surface area contributed by atoms with Crippen LogP contribution in [0.4, 0.5) is 14.5 Å². The second-order valence-electron chi connectivity index (χ2n) is 6.35. The van der Waals surface area contributed by atoms with E-state index in [1.807, 2.05) is 4.72 Å². The van der Waals surface area contributed by atoms with Gasteiger partial charge < -0.3 is 24.4 Å². The van der Waals surface area contributed by atoms with Crippen LogP contribution in [0, 0.1) is 13.8 Å². The molecule has 0 heterocycles. The molecule has 0 aromatic heterocycles. The summed E-state index contributed by atoms with van der Waals surface area (Å²) in [4.78, 5) is 22.1. The van der Waals surface area contributed by atoms with Gasteiger partial charge in [0.1, 0.15) is 5.75 Å². The lowest BCUT2D eigenvalue weighted by Gasteiger charge is -2.18. The maximum absolute atomic E-state index is 13.0. The highest BCUT2D eigenvalue weighted by atomic mass is 32.2. The summed E-state index contributed by atoms with van der Waals surface area (Å²) in [7, 11) is -3.37. The van der Waals surface area contributed by atoms with E-state index in [-0.39, 0.29) is 22.0 Å². The van der Waals surface area contributed by atoms with Gasteiger partial charge in [-0.3, -0.25) is 4.72 Å². The van der Waals surface area contributed by atoms with Gasteiger partial charge in [-0.1, -0.05) is 6.07 Å². The number of ether oxygens (including phenoxy) is 3. The van der Waals surface area contributed by atoms with Gasteiger partial charge in [0, 0.05) is 17.7 Å². The number of hydrogen-bond donors (Lipinski definition) is 3. The number of aliphatic carboxylic acids is 1. The molecule has 0 spiro atoms. The number of halogens is 2. The van der Waals surface area contributed by atoms with Crippen molar-refractivity contribution in [2.75, 3.05) is 18.4 Å². The molecule has 0 unspecified atom stereocenters. The number of carboxylic acids is 2. The van der Waals surface area contributed by atoms with Gasteiger partial charge in [0.2, 0.25) is 0 Å². The van der Waals surface area contributed by atoms with Crippen LogP contribution in [0.1, 0.15) is 21.5 Å². The summed E-state index contributed by atoms with van der Waals surface area (Å²) < 4.78 is 67.7. The summed E-state index contributed by atoms with van der Waals surface area (Å²) >= 11 is 0. The highest BCUT2D eigenvalue weighted by Gasteiger charge is 2.25. The van der Waals surface area contributed by atoms with Crippen molar-refractivity contribution in [1.82, 2.24) is 0 Å². The van der Waals surface area contributed by atoms with E-state index in [1.54, 1.807) is 6.92 Å². The summed E-state index contributed by atoms with van der Waals surface area (Å²) in [6.07, 6.45) is 0. The first-order valence-electron chi connectivity index (χ1n) is 8.75. The first-order chi connectivity index (χ1) is 14.9. The maximum Gasteiger partial charge on any atom is 0.387 e. The molecular weight excluding hydrogens is 456 g/mol. The lowest BCUT2D eigenvalue weighted by molar-refractivity contribution is -0.139. The monoisotopic (exact) mass is 475 g/mol. The fourth-order valence-electron chi connectivity index (χ4n) is 2.82. The van der Waals surface area contributed by atoms with Crippen molar-refractivity contribution < 1.29 is 51.2 Å². The number of hydrogen-bond acceptors (Lipinski definition) is 7. The molecule has 2 aromatic carbocycles. The number of benzene rings is 2. The standard InChI is InChI=1S/C19H19F2NO9S/c1-9-4-5-15(10(2)17(9)30-8-16(23)24)32(27,28)22-12-7-14(31-19(20)21)13(29-3)6-11(12)18(25)26/h4-7,19,22H,8H2,1-3H3,(H,23,24)(H,25,26). The van der Waals surface area contributed by atoms with Crippen LogP contribution in [0.25, 0.3) is 0 Å². The van der Waals surface area contributed by atoms with Crippen molar-refractivity contribution in [3.05, 3.63) is 41.0 Å². The highest BCUT2D eigenvalue weighted by molar-refractivity contribution is 7.92. The molecule has 0 saturated heterocycles. The predicted octanol–water partition coefficient (Wildman–Crippen LogP) is 2.88. The van der Waals surface area contributed by atoms with Gasteiger partial charge in [-0.05, 0) is 25.5 Å². The van der Waals surface area contributed by atoms with Gasteiger partial charge in [-0.25, -0.2) is 18.0 Å². The number of aromatic carboxylic acids is 1. The fraction of sp³-hybridized carbons (Fsp3) is 0.263. The number of methoxy groups -OCH3 is 1. The summed E-state index contributed by atoms with van der Waals surface area (Å²) in [6.45, 7) is -1.05. The van der Waals surface area contributed by atoms with Crippen molar-refractivity contribution in [3.63, 3.8) is 0 Å². The normalized spacial score (nSPS) is 11.2. The van der Waals surface area contributed by atoms with Crippen LogP contribution in [0.3, 0.4) is 0 Å². The third kappa shape index (κ3) is 5.55. The largest absolute Gasteiger partial charge is 0.493 e. The third-order valence-corrected chi connectivity index (χ3v) is 5.69. The number of anilines is 1. The average molecular weight is 475 g/mol. The van der Waals surface area contributed by atoms with Crippen LogP contribution in [0.5, 0.6) is 17.2 Å². The molecule has 10 nitrogen and oxygen atoms in total. The smallest absolute Gasteiger partial charge is 0.387 e. The van der Waals surface area contributed by atoms with Crippen LogP contribution >= 0.6 is 0 Å². The molecule has 0 aliphatic carbocycles. The maximum atomic E-state index is 13.0. The summed E-state index contributed by atoms with van der Waals surface area (Å²) in [5.74, 6) is -3.75. The van der Waals surface area contributed by atoms with Gasteiger partial charge in [0.05, 0.1) is 23.3 Å². The summed E-state index contributed by atoms with van der Waals surface area (Å²) in [5, 5.41) is 18.2. The van der Waals surface area contributed by atoms with E-state index in [2.05, 4.69) is 4.74 Å². The van der Waals surface area contributed by atoms with E-state index in [4.69, 9.17) is 14.6 Å². The van der Waals surface area contributed by atoms with E-state index >= 15 is 0 Å². The lowest BCUT2D eigenvalue weighted by atomic mass is 10.1. The zero-order chi connectivity index (χ0) is 24.2. The Morgan fingerprint density at radius 1 is 1.12 bits per heavy atom. The van der Waals surface area contributed by atoms with Crippen LogP contribution in [0.15, 0.2) is 29.2 Å². The van der Waals surface area contributed by atoms with Crippen LogP contribution < -0.4 is 18.9 Å². The molecule has 0 aliphatic heterocycles. The number of carboxylic acid groups (broad SMARTS) is 2. The molecule has 0 aliphatic rings. The van der Waals surface area contributed by atoms with E-state index in [1.165, 1.54) is 19.1 Å². The molecule has 0 atom stereocenters. The van der Waals surface area contributed by atoms with Crippen molar-refractivity contribution in [2.45, 2.75) is 25.4 Å². The Kier molecular flexibility index (Phi) is 7.46. The lowest BCUT2D eigenvalue weighted by Crippen LogP contribution is -2.18. The Balaban J connectivity index is 2.57. The van der Waals surface area contributed by atoms with Crippen molar-refractivity contribution in [3.8, 4) is 17.2 Å². The number of carbonyl (C=O) groups is 2. The summed E-state index contributed by atoms with van der Waals surface area (Å²) in [5.41, 5.74) is -0.611. The summed E-state index contributed by atoms with van der Waals surface area (Å²) in [6, 6.07) is 4.18. The Morgan fingerprint density at radius 2 is 1.78 bits per heavy atom. The van der Waals surface area contributed by atoms with Gasteiger partial charge in [-0.15, -0.1) is 0 Å². The number of alkyl halides is 2. The number of sulfonamides is 1. The second-order valence-corrected chi connectivity index (χ2v) is 8.01. The first kappa shape index (κ1) is 24.7. The Morgan fingerprint density at radius 3 is 2.31 bits per heavy atom. The van der Waals surface area contributed by atoms with Gasteiger partial charge >= 0.3 is 18.6 Å². The van der Waals surface area contributed by atoms with Gasteiger partial charge in [-0.2, -0.15) is 8.78 Å². The average Bonchev–Trinajstić information content (AvgIpc) is 2.66. The first-order valence-corrected chi connectivity index (χ1v) is 10.2. The van der Waals surface area contributed by atoms with E-state index in [9.17, 15) is 31.9 Å². The number of aryl methyl sites for hydroxylation is 1. The minimum atomic E-state index is -4.47. The number of rotatable bonds is 10. The van der Waals surface area contributed by atoms with Crippen molar-refractivity contribution in [1.29, 1.82) is 0 Å². The minimum absolute atomic E-state index is 0.0187. The Labute approximate surface area is 181 Å². The van der Waals surface area contributed by atoms with Crippen LogP contribution in [0.2, 0.25) is 0 Å². The van der Waals surface area contributed by atoms with Gasteiger partial charge in [0.15, 0.2) is 18.1 Å². The SMILES string of the molecule is COc1cc(C(=O)O)c(NS(=O)(=O)c2ccc(C)c(OCC(=O)O)c2C)cc1OC(F)F. The van der Waals surface area contributed by atoms with Gasteiger partial charge in [0.25, 0.3) is 10.0 Å². The molecule has 0 saturated carbocycles. The Bertz CT molecular complexity index is 1150.